The van der Waals surface area contributed by atoms with Crippen molar-refractivity contribution in [2.45, 2.75) is 99.2 Å². The van der Waals surface area contributed by atoms with Gasteiger partial charge in [-0.15, -0.1) is 0 Å². The Morgan fingerprint density at radius 2 is 1.81 bits per heavy atom. The minimum absolute atomic E-state index is 0.523. The molecule has 2 heteroatoms. The number of halogens is 1. The quantitative estimate of drug-likeness (QED) is 0.290. The summed E-state index contributed by atoms with van der Waals surface area (Å²) in [5.41, 5.74) is 0.523. The molecule has 2 aliphatic heterocycles. The summed E-state index contributed by atoms with van der Waals surface area (Å²) in [5.74, 6) is 5.24. The van der Waals surface area contributed by atoms with Crippen LogP contribution in [-0.4, -0.2) is 25.5 Å². The van der Waals surface area contributed by atoms with E-state index >= 15 is 0 Å². The molecule has 6 unspecified atom stereocenters. The molecule has 0 spiro atoms. The summed E-state index contributed by atoms with van der Waals surface area (Å²) in [4.78, 5) is 0. The molecule has 1 nitrogen and oxygen atoms in total. The van der Waals surface area contributed by atoms with Gasteiger partial charge in [-0.05, 0) is 0 Å². The van der Waals surface area contributed by atoms with E-state index < -0.39 is 19.8 Å². The van der Waals surface area contributed by atoms with E-state index in [9.17, 15) is 0 Å². The first kappa shape index (κ1) is 20.9. The zero-order chi connectivity index (χ0) is 19.2. The van der Waals surface area contributed by atoms with Crippen molar-refractivity contribution in [3.05, 3.63) is 0 Å². The monoisotopic (exact) mass is 488 g/mol. The van der Waals surface area contributed by atoms with Crippen molar-refractivity contribution in [2.75, 3.05) is 18.1 Å². The van der Waals surface area contributed by atoms with Gasteiger partial charge in [-0.3, -0.25) is 0 Å². The molecule has 2 saturated carbocycles. The number of alkyl halides is 3. The van der Waals surface area contributed by atoms with Gasteiger partial charge in [0.15, 0.2) is 0 Å². The van der Waals surface area contributed by atoms with Gasteiger partial charge in [-0.2, -0.15) is 0 Å². The van der Waals surface area contributed by atoms with Crippen molar-refractivity contribution in [2.24, 2.45) is 35.0 Å². The van der Waals surface area contributed by atoms with Crippen molar-refractivity contribution < 1.29 is 4.74 Å². The normalized spacial score (nSPS) is 48.2. The second-order valence-corrected chi connectivity index (χ2v) is 18.6. The van der Waals surface area contributed by atoms with Gasteiger partial charge in [0.05, 0.1) is 0 Å². The minimum atomic E-state index is -0.819. The fourth-order valence-corrected chi connectivity index (χ4v) is 19.8. The van der Waals surface area contributed by atoms with E-state index in [4.69, 9.17) is 4.74 Å². The molecule has 4 aliphatic rings. The maximum atomic E-state index is 5.74. The Labute approximate surface area is 176 Å². The third-order valence-corrected chi connectivity index (χ3v) is 19.2. The Morgan fingerprint density at radius 3 is 2.52 bits per heavy atom. The molecule has 0 aromatic heterocycles. The number of hydrogen-bond donors (Lipinski definition) is 0. The molecule has 0 aromatic rings. The zero-order valence-corrected chi connectivity index (χ0v) is 20.9. The molecule has 158 valence electrons. The van der Waals surface area contributed by atoms with Gasteiger partial charge in [0.1, 0.15) is 0 Å². The van der Waals surface area contributed by atoms with Crippen molar-refractivity contribution in [1.29, 1.82) is 0 Å². The van der Waals surface area contributed by atoms with Crippen LogP contribution in [0.3, 0.4) is 0 Å². The molecule has 27 heavy (non-hydrogen) atoms. The Bertz CT molecular complexity index is 510. The molecule has 4 rings (SSSR count). The first-order chi connectivity index (χ1) is 12.9. The van der Waals surface area contributed by atoms with Crippen LogP contribution in [0, 0.1) is 35.0 Å². The number of fused-ring (bicyclic) bond motifs is 5. The first-order valence-corrected chi connectivity index (χ1v) is 15.9. The molecular weight excluding hydrogens is 443 g/mol. The van der Waals surface area contributed by atoms with E-state index in [2.05, 4.69) is 27.7 Å². The predicted molar refractivity (Wildman–Crippen MR) is 126 cm³/mol. The van der Waals surface area contributed by atoms with E-state index in [1.165, 1.54) is 36.0 Å². The number of rotatable bonds is 5. The van der Waals surface area contributed by atoms with Crippen LogP contribution in [0.25, 0.3) is 0 Å². The molecule has 0 bridgehead atoms. The van der Waals surface area contributed by atoms with Gasteiger partial charge < -0.3 is 0 Å². The summed E-state index contributed by atoms with van der Waals surface area (Å²) in [5, 5.41) is 0. The van der Waals surface area contributed by atoms with Crippen LogP contribution >= 0.6 is 19.8 Å². The SMILES string of the molecule is CCC[C@]1(COC)CCC2C(CCC3C2CCC2(C)C(C(C)C)CCI32)C1. The van der Waals surface area contributed by atoms with E-state index in [0.29, 0.717) is 5.41 Å². The van der Waals surface area contributed by atoms with Crippen molar-refractivity contribution in [3.63, 3.8) is 0 Å². The van der Waals surface area contributed by atoms with Gasteiger partial charge in [-0.25, -0.2) is 0 Å². The van der Waals surface area contributed by atoms with Crippen molar-refractivity contribution in [3.8, 4) is 0 Å². The van der Waals surface area contributed by atoms with Crippen LogP contribution in [0.5, 0.6) is 0 Å². The summed E-state index contributed by atoms with van der Waals surface area (Å²) in [6.45, 7) is 11.2. The molecule has 0 amide bonds. The molecule has 2 saturated heterocycles. The first-order valence-electron chi connectivity index (χ1n) is 12.1. The van der Waals surface area contributed by atoms with E-state index in [1.807, 2.05) is 7.11 Å². The van der Waals surface area contributed by atoms with Gasteiger partial charge in [-0.1, -0.05) is 0 Å². The van der Waals surface area contributed by atoms with Crippen LogP contribution in [-0.2, 0) is 4.74 Å². The summed E-state index contributed by atoms with van der Waals surface area (Å²) < 4.78 is 9.48. The third-order valence-electron chi connectivity index (χ3n) is 9.43. The van der Waals surface area contributed by atoms with Crippen LogP contribution < -0.4 is 0 Å². The van der Waals surface area contributed by atoms with Gasteiger partial charge in [0.2, 0.25) is 0 Å². The Morgan fingerprint density at radius 1 is 1.04 bits per heavy atom. The zero-order valence-electron chi connectivity index (χ0n) is 18.7. The standard InChI is InChI=1S/C25H45IO/c1-6-12-25(17-27-5)14-10-20-19(16-25)7-8-23-21(20)9-13-24(4)22(18(2)3)11-15-26(23)24/h18-23H,6-17H2,1-5H3/t19?,20?,21?,22?,23?,24?,25-/m0/s1. The van der Waals surface area contributed by atoms with Crippen LogP contribution in [0.1, 0.15) is 91.9 Å². The van der Waals surface area contributed by atoms with Crippen molar-refractivity contribution >= 4 is 19.8 Å². The van der Waals surface area contributed by atoms with E-state index in [1.54, 1.807) is 36.5 Å². The molecule has 4 fully saturated rings. The molecule has 2 aliphatic carbocycles. The average Bonchev–Trinajstić information content (AvgIpc) is 2.99. The second kappa shape index (κ2) is 8.08. The fraction of sp³-hybridized carbons (Fsp3) is 1.00. The maximum absolute atomic E-state index is 5.74. The Balaban J connectivity index is 1.49. The van der Waals surface area contributed by atoms with Crippen molar-refractivity contribution in [1.82, 2.24) is 0 Å². The third kappa shape index (κ3) is 3.55. The molecular formula is C25H45IO. The Kier molecular flexibility index (Phi) is 6.27. The molecule has 7 atom stereocenters. The van der Waals surface area contributed by atoms with Crippen LogP contribution in [0.15, 0.2) is 0 Å². The second-order valence-electron chi connectivity index (χ2n) is 11.1. The molecule has 0 radical (unpaired) electrons. The fourth-order valence-electron chi connectivity index (χ4n) is 8.42. The van der Waals surface area contributed by atoms with E-state index in [-0.39, 0.29) is 0 Å². The number of methoxy groups -OCH3 is 1. The topological polar surface area (TPSA) is 9.23 Å². The Hall–Kier alpha value is 0.690. The number of ether oxygens (including phenoxy) is 1. The van der Waals surface area contributed by atoms with Gasteiger partial charge >= 0.3 is 177 Å². The van der Waals surface area contributed by atoms with E-state index in [0.717, 1.165) is 39.6 Å². The molecule has 0 aromatic carbocycles. The molecule has 2 heterocycles. The predicted octanol–water partition coefficient (Wildman–Crippen LogP) is 7.35. The summed E-state index contributed by atoms with van der Waals surface area (Å²) >= 11 is -0.819. The summed E-state index contributed by atoms with van der Waals surface area (Å²) in [7, 11) is 1.93. The van der Waals surface area contributed by atoms with Gasteiger partial charge in [0, 0.05) is 0 Å². The summed E-state index contributed by atoms with van der Waals surface area (Å²) in [6, 6.07) is 0. The average molecular weight is 489 g/mol. The van der Waals surface area contributed by atoms with Gasteiger partial charge in [0.25, 0.3) is 0 Å². The van der Waals surface area contributed by atoms with Crippen LogP contribution in [0.2, 0.25) is 0 Å². The molecule has 0 N–H and O–H groups in total. The van der Waals surface area contributed by atoms with Crippen LogP contribution in [0.4, 0.5) is 0 Å². The number of hydrogen-bond acceptors (Lipinski definition) is 1. The summed E-state index contributed by atoms with van der Waals surface area (Å²) in [6.07, 6.45) is 15.2.